The highest BCUT2D eigenvalue weighted by Gasteiger charge is 1.96. The lowest BCUT2D eigenvalue weighted by Gasteiger charge is -2.06. The summed E-state index contributed by atoms with van der Waals surface area (Å²) in [4.78, 5) is 0. The fraction of sp³-hybridized carbons (Fsp3) is 0.800. The van der Waals surface area contributed by atoms with Gasteiger partial charge in [-0.3, -0.25) is 0 Å². The normalized spacial score (nSPS) is 12.8. The maximum Gasteiger partial charge on any atom is 0.173 e. The van der Waals surface area contributed by atoms with E-state index in [2.05, 4.69) is 12.2 Å². The quantitative estimate of drug-likeness (QED) is 0.539. The van der Waals surface area contributed by atoms with Gasteiger partial charge >= 0.3 is 0 Å². The Labute approximate surface area is 59.8 Å². The highest BCUT2D eigenvalue weighted by atomic mass is 32.1. The van der Waals surface area contributed by atoms with Gasteiger partial charge in [0, 0.05) is 0 Å². The van der Waals surface area contributed by atoms with Gasteiger partial charge in [-0.25, -0.2) is 0 Å². The van der Waals surface area contributed by atoms with Crippen LogP contribution in [0.25, 0.3) is 0 Å². The van der Waals surface area contributed by atoms with Gasteiger partial charge < -0.3 is 15.6 Å². The molecular weight excluding hydrogens is 138 g/mol. The van der Waals surface area contributed by atoms with Crippen LogP contribution in [-0.2, 0) is 4.74 Å². The summed E-state index contributed by atoms with van der Waals surface area (Å²) in [5, 5.41) is 9.01. The third-order valence-electron chi connectivity index (χ3n) is 0.652. The maximum absolute atomic E-state index is 8.67. The predicted octanol–water partition coefficient (Wildman–Crippen LogP) is -0.330. The Hall–Kier alpha value is -0.190. The molecule has 0 saturated carbocycles. The van der Waals surface area contributed by atoms with Crippen LogP contribution in [0.1, 0.15) is 6.92 Å². The molecule has 54 valence electrons. The molecule has 0 heterocycles. The molecule has 4 heteroatoms. The molecule has 0 saturated heterocycles. The number of rotatable bonds is 3. The van der Waals surface area contributed by atoms with E-state index >= 15 is 0 Å². The molecule has 1 unspecified atom stereocenters. The summed E-state index contributed by atoms with van der Waals surface area (Å²) in [7, 11) is 0. The lowest BCUT2D eigenvalue weighted by Crippen LogP contribution is -2.19. The molecule has 0 rings (SSSR count). The van der Waals surface area contributed by atoms with Crippen LogP contribution in [0.5, 0.6) is 0 Å². The third-order valence-corrected chi connectivity index (χ3v) is 0.937. The molecule has 0 aromatic heterocycles. The van der Waals surface area contributed by atoms with E-state index in [0.717, 1.165) is 0 Å². The van der Waals surface area contributed by atoms with Crippen molar-refractivity contribution in [1.82, 2.24) is 0 Å². The highest BCUT2D eigenvalue weighted by molar-refractivity contribution is 7.80. The zero-order valence-corrected chi connectivity index (χ0v) is 6.15. The van der Waals surface area contributed by atoms with Crippen LogP contribution in [0.15, 0.2) is 0 Å². The molecule has 3 N–H and O–H groups in total. The summed E-state index contributed by atoms with van der Waals surface area (Å²) in [5.41, 5.74) is 5.11. The molecule has 1 atom stereocenters. The minimum absolute atomic E-state index is 0.232. The van der Waals surface area contributed by atoms with Crippen LogP contribution >= 0.6 is 12.2 Å². The van der Waals surface area contributed by atoms with Gasteiger partial charge in [0.05, 0.1) is 12.6 Å². The number of ether oxygens (including phenoxy) is 1. The summed E-state index contributed by atoms with van der Waals surface area (Å²) in [5.74, 6) is 0. The molecule has 3 nitrogen and oxygen atoms in total. The third kappa shape index (κ3) is 5.68. The monoisotopic (exact) mass is 149 g/mol. The highest BCUT2D eigenvalue weighted by Crippen LogP contribution is 1.84. The summed E-state index contributed by atoms with van der Waals surface area (Å²) < 4.78 is 4.81. The summed E-state index contributed by atoms with van der Waals surface area (Å²) in [6.45, 7) is 2.09. The topological polar surface area (TPSA) is 55.5 Å². The molecule has 0 bridgehead atoms. The summed E-state index contributed by atoms with van der Waals surface area (Å²) in [6, 6.07) is 0. The lowest BCUT2D eigenvalue weighted by atomic mass is 10.4. The smallest absolute Gasteiger partial charge is 0.173 e. The van der Waals surface area contributed by atoms with E-state index in [9.17, 15) is 0 Å². The van der Waals surface area contributed by atoms with E-state index in [4.69, 9.17) is 15.6 Å². The molecule has 0 fully saturated rings. The summed E-state index contributed by atoms with van der Waals surface area (Å²) >= 11 is 4.62. The van der Waals surface area contributed by atoms with E-state index < -0.39 is 6.10 Å². The lowest BCUT2D eigenvalue weighted by molar-refractivity contribution is 0.118. The van der Waals surface area contributed by atoms with Gasteiger partial charge in [-0.05, 0) is 19.1 Å². The molecule has 0 amide bonds. The zero-order valence-electron chi connectivity index (χ0n) is 5.33. The Morgan fingerprint density at radius 2 is 2.44 bits per heavy atom. The summed E-state index contributed by atoms with van der Waals surface area (Å²) in [6.07, 6.45) is -0.477. The van der Waals surface area contributed by atoms with Crippen molar-refractivity contribution in [2.75, 3.05) is 13.2 Å². The van der Waals surface area contributed by atoms with Crippen LogP contribution in [-0.4, -0.2) is 29.4 Å². The molecule has 0 aliphatic carbocycles. The number of aliphatic hydroxyl groups excluding tert-OH is 1. The second kappa shape index (κ2) is 4.67. The molecule has 0 aliphatic rings. The standard InChI is InChI=1S/C5H11NO2S/c1-4(7)3-8-5(9)2-6/h4,7H,2-3,6H2,1H3. The van der Waals surface area contributed by atoms with E-state index in [1.165, 1.54) is 0 Å². The van der Waals surface area contributed by atoms with E-state index in [1.54, 1.807) is 6.92 Å². The number of thiocarbonyl (C=S) groups is 1. The number of hydrogen-bond acceptors (Lipinski definition) is 4. The Morgan fingerprint density at radius 1 is 1.89 bits per heavy atom. The van der Waals surface area contributed by atoms with E-state index in [-0.39, 0.29) is 13.2 Å². The SMILES string of the molecule is CC(O)COC(=S)CN. The molecular formula is C5H11NO2S. The molecule has 0 aromatic rings. The van der Waals surface area contributed by atoms with Gasteiger partial charge in [-0.2, -0.15) is 0 Å². The van der Waals surface area contributed by atoms with Crippen molar-refractivity contribution < 1.29 is 9.84 Å². The Kier molecular flexibility index (Phi) is 4.57. The molecule has 0 aliphatic heterocycles. The number of hydrogen-bond donors (Lipinski definition) is 2. The fourth-order valence-electron chi connectivity index (χ4n) is 0.272. The van der Waals surface area contributed by atoms with Crippen LogP contribution < -0.4 is 5.73 Å². The first-order chi connectivity index (χ1) is 4.16. The van der Waals surface area contributed by atoms with Crippen LogP contribution in [0.2, 0.25) is 0 Å². The average Bonchev–Trinajstić information content (AvgIpc) is 1.83. The van der Waals surface area contributed by atoms with Crippen molar-refractivity contribution in [3.8, 4) is 0 Å². The fourth-order valence-corrected chi connectivity index (χ4v) is 0.341. The van der Waals surface area contributed by atoms with Gasteiger partial charge in [-0.1, -0.05) is 0 Å². The zero-order chi connectivity index (χ0) is 7.28. The predicted molar refractivity (Wildman–Crippen MR) is 39.3 cm³/mol. The van der Waals surface area contributed by atoms with Crippen molar-refractivity contribution in [3.05, 3.63) is 0 Å². The minimum atomic E-state index is -0.477. The Balaban J connectivity index is 3.17. The first-order valence-electron chi connectivity index (χ1n) is 2.70. The Morgan fingerprint density at radius 3 is 2.78 bits per heavy atom. The van der Waals surface area contributed by atoms with E-state index in [0.29, 0.717) is 5.05 Å². The number of nitrogens with two attached hydrogens (primary N) is 1. The first kappa shape index (κ1) is 8.81. The molecule has 9 heavy (non-hydrogen) atoms. The van der Waals surface area contributed by atoms with Crippen LogP contribution in [0, 0.1) is 0 Å². The second-order valence-corrected chi connectivity index (χ2v) is 2.19. The molecule has 0 aromatic carbocycles. The largest absolute Gasteiger partial charge is 0.483 e. The van der Waals surface area contributed by atoms with Gasteiger partial charge in [0.15, 0.2) is 5.05 Å². The second-order valence-electron chi connectivity index (χ2n) is 1.74. The van der Waals surface area contributed by atoms with Gasteiger partial charge in [0.2, 0.25) is 0 Å². The van der Waals surface area contributed by atoms with E-state index in [1.807, 2.05) is 0 Å². The van der Waals surface area contributed by atoms with Crippen molar-refractivity contribution in [1.29, 1.82) is 0 Å². The van der Waals surface area contributed by atoms with Crippen molar-refractivity contribution in [2.24, 2.45) is 5.73 Å². The average molecular weight is 149 g/mol. The van der Waals surface area contributed by atoms with Crippen LogP contribution in [0.4, 0.5) is 0 Å². The van der Waals surface area contributed by atoms with Gasteiger partial charge in [0.1, 0.15) is 6.61 Å². The van der Waals surface area contributed by atoms with Crippen molar-refractivity contribution >= 4 is 17.3 Å². The molecule has 0 radical (unpaired) electrons. The van der Waals surface area contributed by atoms with Crippen molar-refractivity contribution in [3.63, 3.8) is 0 Å². The Bertz CT molecular complexity index is 95.0. The number of aliphatic hydroxyl groups is 1. The first-order valence-corrected chi connectivity index (χ1v) is 3.11. The minimum Gasteiger partial charge on any atom is -0.483 e. The maximum atomic E-state index is 8.67. The van der Waals surface area contributed by atoms with Crippen LogP contribution in [0.3, 0.4) is 0 Å². The molecule has 0 spiro atoms. The van der Waals surface area contributed by atoms with Crippen molar-refractivity contribution in [2.45, 2.75) is 13.0 Å². The van der Waals surface area contributed by atoms with Gasteiger partial charge in [0.25, 0.3) is 0 Å². The van der Waals surface area contributed by atoms with Gasteiger partial charge in [-0.15, -0.1) is 0 Å².